The lowest BCUT2D eigenvalue weighted by Crippen LogP contribution is -2.48. The van der Waals surface area contributed by atoms with Crippen molar-refractivity contribution >= 4 is 17.1 Å². The van der Waals surface area contributed by atoms with Gasteiger partial charge in [0.05, 0.1) is 64.5 Å². The molecule has 3 rings (SSSR count). The molecule has 0 radical (unpaired) electrons. The molecule has 3 aromatic rings. The molecule has 1 atom stereocenters. The van der Waals surface area contributed by atoms with Crippen LogP contribution >= 0.6 is 0 Å². The summed E-state index contributed by atoms with van der Waals surface area (Å²) >= 11 is 0. The van der Waals surface area contributed by atoms with Gasteiger partial charge in [0.15, 0.2) is 23.0 Å². The lowest BCUT2D eigenvalue weighted by Gasteiger charge is -2.35. The SMILES string of the molecule is COc1ccc(CC[N+](C)(CCCNCc2cc([N+](=O)[O-])cc([N+](=O)[O-])c2)c2ccc(OC)c(OC)c2)cc1OC. The lowest BCUT2D eigenvalue weighted by atomic mass is 10.1. The molecule has 0 aliphatic carbocycles. The first kappa shape index (κ1) is 31.1. The summed E-state index contributed by atoms with van der Waals surface area (Å²) in [5.41, 5.74) is 2.04. The maximum atomic E-state index is 11.2. The Kier molecular flexibility index (Phi) is 10.8. The van der Waals surface area contributed by atoms with E-state index in [1.165, 1.54) is 12.1 Å². The minimum absolute atomic E-state index is 0.272. The standard InChI is InChI=1S/C29H37N4O8/c1-33(25-8-10-27(39-3)29(19-25)41-5,14-11-21-7-9-26(38-2)28(17-21)40-4)13-6-12-30-20-22-15-23(31(34)35)18-24(16-22)32(36)37/h7-10,15-19,30H,6,11-14,20H2,1-5H3/q+1. The number of nitro benzene ring substituents is 2. The molecule has 0 amide bonds. The van der Waals surface area contributed by atoms with E-state index in [1.54, 1.807) is 28.4 Å². The molecule has 220 valence electrons. The van der Waals surface area contributed by atoms with Crippen LogP contribution in [-0.2, 0) is 13.0 Å². The predicted molar refractivity (Wildman–Crippen MR) is 156 cm³/mol. The lowest BCUT2D eigenvalue weighted by molar-refractivity contribution is -0.394. The van der Waals surface area contributed by atoms with Gasteiger partial charge in [0, 0.05) is 50.2 Å². The van der Waals surface area contributed by atoms with E-state index in [-0.39, 0.29) is 17.9 Å². The van der Waals surface area contributed by atoms with Gasteiger partial charge < -0.3 is 24.3 Å². The van der Waals surface area contributed by atoms with Crippen LogP contribution < -0.4 is 28.7 Å². The molecule has 0 aliphatic rings. The highest BCUT2D eigenvalue weighted by Gasteiger charge is 2.26. The zero-order chi connectivity index (χ0) is 30.0. The number of likely N-dealkylation sites (N-methyl/N-ethyl adjacent to an activating group) is 1. The number of hydrogen-bond donors (Lipinski definition) is 1. The average molecular weight is 570 g/mol. The Labute approximate surface area is 239 Å². The number of benzene rings is 3. The van der Waals surface area contributed by atoms with Crippen molar-refractivity contribution in [3.8, 4) is 23.0 Å². The van der Waals surface area contributed by atoms with E-state index >= 15 is 0 Å². The number of hydrogen-bond acceptors (Lipinski definition) is 9. The molecule has 0 bridgehead atoms. The van der Waals surface area contributed by atoms with Gasteiger partial charge in [-0.05, 0) is 29.3 Å². The predicted octanol–water partition coefficient (Wildman–Crippen LogP) is 4.90. The Hall–Kier alpha value is -4.42. The van der Waals surface area contributed by atoms with Gasteiger partial charge in [-0.2, -0.15) is 0 Å². The third kappa shape index (κ3) is 8.05. The molecule has 3 aromatic carbocycles. The highest BCUT2D eigenvalue weighted by molar-refractivity contribution is 5.54. The van der Waals surface area contributed by atoms with Crippen molar-refractivity contribution in [1.82, 2.24) is 9.80 Å². The second kappa shape index (κ2) is 14.3. The number of non-ortho nitro benzene ring substituents is 2. The van der Waals surface area contributed by atoms with Crippen molar-refractivity contribution in [3.63, 3.8) is 0 Å². The number of rotatable bonds is 16. The van der Waals surface area contributed by atoms with E-state index < -0.39 is 9.85 Å². The first-order valence-electron chi connectivity index (χ1n) is 13.1. The normalized spacial score (nSPS) is 12.3. The van der Waals surface area contributed by atoms with Crippen LogP contribution in [0.15, 0.2) is 54.6 Å². The summed E-state index contributed by atoms with van der Waals surface area (Å²) in [6.45, 7) is 2.43. The summed E-state index contributed by atoms with van der Waals surface area (Å²) in [4.78, 5) is 21.1. The Balaban J connectivity index is 1.74. The van der Waals surface area contributed by atoms with Gasteiger partial charge >= 0.3 is 0 Å². The minimum atomic E-state index is -0.624. The van der Waals surface area contributed by atoms with E-state index in [0.717, 1.165) is 43.2 Å². The molecule has 41 heavy (non-hydrogen) atoms. The summed E-state index contributed by atoms with van der Waals surface area (Å²) in [5, 5.41) is 25.7. The molecule has 0 aliphatic heterocycles. The van der Waals surface area contributed by atoms with Gasteiger partial charge in [-0.15, -0.1) is 0 Å². The van der Waals surface area contributed by atoms with Gasteiger partial charge in [0.1, 0.15) is 5.69 Å². The zero-order valence-corrected chi connectivity index (χ0v) is 24.0. The van der Waals surface area contributed by atoms with E-state index in [0.29, 0.717) is 39.6 Å². The molecular formula is C29H37N4O8+. The van der Waals surface area contributed by atoms with Crippen LogP contribution in [0, 0.1) is 20.2 Å². The van der Waals surface area contributed by atoms with Crippen molar-refractivity contribution in [1.29, 1.82) is 0 Å². The fraction of sp³-hybridized carbons (Fsp3) is 0.379. The molecule has 1 N–H and O–H groups in total. The Morgan fingerprint density at radius 3 is 1.83 bits per heavy atom. The van der Waals surface area contributed by atoms with Crippen molar-refractivity contribution in [2.45, 2.75) is 19.4 Å². The Morgan fingerprint density at radius 2 is 1.27 bits per heavy atom. The highest BCUT2D eigenvalue weighted by atomic mass is 16.6. The van der Waals surface area contributed by atoms with Crippen LogP contribution in [0.3, 0.4) is 0 Å². The van der Waals surface area contributed by atoms with E-state index in [2.05, 4.69) is 12.4 Å². The third-order valence-electron chi connectivity index (χ3n) is 7.05. The molecule has 0 saturated heterocycles. The topological polar surface area (TPSA) is 135 Å². The van der Waals surface area contributed by atoms with Crippen LogP contribution in [0.1, 0.15) is 17.5 Å². The minimum Gasteiger partial charge on any atom is -0.493 e. The van der Waals surface area contributed by atoms with Gasteiger partial charge in [-0.1, -0.05) is 6.07 Å². The van der Waals surface area contributed by atoms with Gasteiger partial charge in [-0.25, -0.2) is 0 Å². The van der Waals surface area contributed by atoms with Crippen molar-refractivity contribution in [2.75, 3.05) is 55.1 Å². The summed E-state index contributed by atoms with van der Waals surface area (Å²) in [6.07, 6.45) is 1.55. The largest absolute Gasteiger partial charge is 0.493 e. The van der Waals surface area contributed by atoms with Crippen LogP contribution in [0.4, 0.5) is 17.1 Å². The number of nitrogens with zero attached hydrogens (tertiary/aromatic N) is 3. The fourth-order valence-corrected chi connectivity index (χ4v) is 4.70. The number of nitro groups is 2. The fourth-order valence-electron chi connectivity index (χ4n) is 4.70. The molecule has 0 aromatic heterocycles. The van der Waals surface area contributed by atoms with Gasteiger partial charge in [0.25, 0.3) is 11.4 Å². The number of quaternary nitrogens is 1. The first-order valence-corrected chi connectivity index (χ1v) is 13.1. The Bertz CT molecular complexity index is 1330. The zero-order valence-electron chi connectivity index (χ0n) is 24.0. The molecule has 0 heterocycles. The third-order valence-corrected chi connectivity index (χ3v) is 7.05. The van der Waals surface area contributed by atoms with Crippen molar-refractivity contribution in [2.24, 2.45) is 0 Å². The number of methoxy groups -OCH3 is 4. The number of nitrogens with one attached hydrogen (secondary N) is 1. The average Bonchev–Trinajstić information content (AvgIpc) is 2.98. The first-order chi connectivity index (χ1) is 19.6. The second-order valence-corrected chi connectivity index (χ2v) is 9.72. The summed E-state index contributed by atoms with van der Waals surface area (Å²) in [7, 11) is 8.59. The van der Waals surface area contributed by atoms with Gasteiger partial charge in [0.2, 0.25) is 0 Å². The van der Waals surface area contributed by atoms with Crippen LogP contribution in [0.2, 0.25) is 0 Å². The van der Waals surface area contributed by atoms with Crippen molar-refractivity contribution < 1.29 is 28.8 Å². The smallest absolute Gasteiger partial charge is 0.276 e. The molecule has 12 heteroatoms. The second-order valence-electron chi connectivity index (χ2n) is 9.72. The van der Waals surface area contributed by atoms with E-state index in [1.807, 2.05) is 36.4 Å². The van der Waals surface area contributed by atoms with Crippen LogP contribution in [-0.4, -0.2) is 65.0 Å². The van der Waals surface area contributed by atoms with E-state index in [4.69, 9.17) is 18.9 Å². The molecule has 12 nitrogen and oxygen atoms in total. The maximum absolute atomic E-state index is 11.2. The molecular weight excluding hydrogens is 532 g/mol. The van der Waals surface area contributed by atoms with Crippen molar-refractivity contribution in [3.05, 3.63) is 86.0 Å². The maximum Gasteiger partial charge on any atom is 0.276 e. The van der Waals surface area contributed by atoms with Crippen LogP contribution in [0.25, 0.3) is 0 Å². The summed E-state index contributed by atoms with van der Waals surface area (Å²) in [6, 6.07) is 15.5. The van der Waals surface area contributed by atoms with Crippen LogP contribution in [0.5, 0.6) is 23.0 Å². The van der Waals surface area contributed by atoms with Gasteiger partial charge in [-0.3, -0.25) is 24.7 Å². The highest BCUT2D eigenvalue weighted by Crippen LogP contribution is 2.35. The Morgan fingerprint density at radius 1 is 0.707 bits per heavy atom. The quantitative estimate of drug-likeness (QED) is 0.111. The molecule has 0 fully saturated rings. The molecule has 1 unspecified atom stereocenters. The monoisotopic (exact) mass is 569 g/mol. The molecule has 0 saturated carbocycles. The molecule has 0 spiro atoms. The summed E-state index contributed by atoms with van der Waals surface area (Å²) < 4.78 is 22.4. The number of ether oxygens (including phenoxy) is 4. The van der Waals surface area contributed by atoms with E-state index in [9.17, 15) is 20.2 Å². The summed E-state index contributed by atoms with van der Waals surface area (Å²) in [5.74, 6) is 2.64.